The molecule has 5 nitrogen and oxygen atoms in total. The normalized spacial score (nSPS) is 16.7. The number of aliphatic imine (C=N–C) groups is 1. The third-order valence-corrected chi connectivity index (χ3v) is 4.07. The van der Waals surface area contributed by atoms with Crippen LogP contribution in [0.4, 0.5) is 0 Å². The van der Waals surface area contributed by atoms with E-state index < -0.39 is 0 Å². The second-order valence-corrected chi connectivity index (χ2v) is 6.90. The number of guanidine groups is 1. The fraction of sp³-hybridized carbons (Fsp3) is 0.882. The van der Waals surface area contributed by atoms with Crippen LogP contribution in [0.5, 0.6) is 0 Å². The minimum absolute atomic E-state index is 0.0342. The Hall–Kier alpha value is -1.26. The van der Waals surface area contributed by atoms with Gasteiger partial charge in [0.15, 0.2) is 5.96 Å². The molecule has 0 heterocycles. The number of nitrogens with zero attached hydrogens (tertiary/aromatic N) is 2. The third-order valence-electron chi connectivity index (χ3n) is 4.07. The molecule has 0 radical (unpaired) electrons. The summed E-state index contributed by atoms with van der Waals surface area (Å²) in [5.41, 5.74) is 0. The van der Waals surface area contributed by atoms with Gasteiger partial charge >= 0.3 is 0 Å². The second kappa shape index (κ2) is 10.5. The molecular formula is C17H34N4O. The van der Waals surface area contributed by atoms with Crippen LogP contribution in [-0.4, -0.2) is 50.0 Å². The molecule has 1 fully saturated rings. The summed E-state index contributed by atoms with van der Waals surface area (Å²) in [5, 5.41) is 6.89. The molecule has 1 amide bonds. The molecule has 1 saturated carbocycles. The molecule has 1 aliphatic rings. The minimum atomic E-state index is 0.0342. The first-order chi connectivity index (χ1) is 10.5. The number of likely N-dealkylation sites (N-methyl/N-ethyl adjacent to an activating group) is 1. The van der Waals surface area contributed by atoms with Crippen LogP contribution < -0.4 is 10.6 Å². The maximum Gasteiger partial charge on any atom is 0.243 e. The Morgan fingerprint density at radius 3 is 2.50 bits per heavy atom. The summed E-state index contributed by atoms with van der Waals surface area (Å²) >= 11 is 0. The first-order valence-electron chi connectivity index (χ1n) is 8.74. The Morgan fingerprint density at radius 2 is 1.91 bits per heavy atom. The van der Waals surface area contributed by atoms with E-state index >= 15 is 0 Å². The van der Waals surface area contributed by atoms with Gasteiger partial charge in [-0.2, -0.15) is 0 Å². The molecule has 0 bridgehead atoms. The number of nitrogens with one attached hydrogen (secondary N) is 2. The largest absolute Gasteiger partial charge is 0.356 e. The maximum absolute atomic E-state index is 11.7. The highest BCUT2D eigenvalue weighted by atomic mass is 16.2. The average molecular weight is 310 g/mol. The second-order valence-electron chi connectivity index (χ2n) is 6.90. The lowest BCUT2D eigenvalue weighted by Crippen LogP contribution is -2.45. The fourth-order valence-corrected chi connectivity index (χ4v) is 2.60. The van der Waals surface area contributed by atoms with E-state index in [4.69, 9.17) is 0 Å². The molecule has 1 aliphatic carbocycles. The van der Waals surface area contributed by atoms with Crippen molar-refractivity contribution in [3.63, 3.8) is 0 Å². The van der Waals surface area contributed by atoms with Gasteiger partial charge in [0.25, 0.3) is 0 Å². The highest BCUT2D eigenvalue weighted by Gasteiger charge is 2.15. The molecule has 128 valence electrons. The van der Waals surface area contributed by atoms with Crippen LogP contribution in [0.3, 0.4) is 0 Å². The van der Waals surface area contributed by atoms with Gasteiger partial charge in [-0.1, -0.05) is 33.1 Å². The monoisotopic (exact) mass is 310 g/mol. The molecule has 0 aliphatic heterocycles. The molecule has 0 saturated heterocycles. The van der Waals surface area contributed by atoms with Crippen molar-refractivity contribution in [2.45, 2.75) is 64.8 Å². The zero-order valence-electron chi connectivity index (χ0n) is 14.8. The zero-order chi connectivity index (χ0) is 16.4. The van der Waals surface area contributed by atoms with Crippen LogP contribution in [0.2, 0.25) is 0 Å². The lowest BCUT2D eigenvalue weighted by molar-refractivity contribution is -0.127. The molecule has 0 aromatic carbocycles. The Labute approximate surface area is 135 Å². The predicted molar refractivity (Wildman–Crippen MR) is 93.1 cm³/mol. The number of rotatable bonds is 7. The van der Waals surface area contributed by atoms with E-state index in [1.54, 1.807) is 19.0 Å². The predicted octanol–water partition coefficient (Wildman–Crippen LogP) is 2.38. The molecule has 0 unspecified atom stereocenters. The van der Waals surface area contributed by atoms with Crippen LogP contribution in [0.25, 0.3) is 0 Å². The van der Waals surface area contributed by atoms with E-state index in [2.05, 4.69) is 29.5 Å². The molecule has 5 heteroatoms. The van der Waals surface area contributed by atoms with Gasteiger partial charge < -0.3 is 15.5 Å². The van der Waals surface area contributed by atoms with Crippen molar-refractivity contribution in [1.82, 2.24) is 15.5 Å². The first-order valence-corrected chi connectivity index (χ1v) is 8.74. The zero-order valence-corrected chi connectivity index (χ0v) is 14.8. The standard InChI is InChI=1S/C17H34N4O/c1-14(2)9-8-12-18-17(19-13-16(22)21(3)4)20-15-10-6-5-7-11-15/h14-15H,5-13H2,1-4H3,(H2,18,19,20). The summed E-state index contributed by atoms with van der Waals surface area (Å²) < 4.78 is 0. The molecule has 0 aromatic rings. The van der Waals surface area contributed by atoms with Gasteiger partial charge in [0, 0.05) is 26.7 Å². The average Bonchev–Trinajstić information content (AvgIpc) is 2.49. The van der Waals surface area contributed by atoms with E-state index in [0.29, 0.717) is 6.04 Å². The van der Waals surface area contributed by atoms with Crippen LogP contribution in [0.15, 0.2) is 4.99 Å². The first kappa shape index (κ1) is 18.8. The third kappa shape index (κ3) is 8.25. The van der Waals surface area contributed by atoms with E-state index in [0.717, 1.165) is 24.8 Å². The van der Waals surface area contributed by atoms with E-state index in [9.17, 15) is 4.79 Å². The molecule has 0 spiro atoms. The Balaban J connectivity index is 2.47. The number of hydrogen-bond donors (Lipinski definition) is 2. The minimum Gasteiger partial charge on any atom is -0.356 e. The Morgan fingerprint density at radius 1 is 1.23 bits per heavy atom. The summed E-state index contributed by atoms with van der Waals surface area (Å²) in [5.74, 6) is 1.56. The number of carbonyl (C=O) groups is 1. The van der Waals surface area contributed by atoms with E-state index in [1.807, 2.05) is 0 Å². The molecule has 0 aromatic heterocycles. The summed E-state index contributed by atoms with van der Waals surface area (Å²) in [6.45, 7) is 5.60. The van der Waals surface area contributed by atoms with Crippen LogP contribution in [0.1, 0.15) is 58.8 Å². The van der Waals surface area contributed by atoms with Gasteiger partial charge in [-0.05, 0) is 31.6 Å². The number of carbonyl (C=O) groups excluding carboxylic acids is 1. The van der Waals surface area contributed by atoms with E-state index in [-0.39, 0.29) is 12.5 Å². The summed E-state index contributed by atoms with van der Waals surface area (Å²) in [4.78, 5) is 17.8. The van der Waals surface area contributed by atoms with Gasteiger partial charge in [-0.3, -0.25) is 4.79 Å². The van der Waals surface area contributed by atoms with Crippen molar-refractivity contribution < 1.29 is 4.79 Å². The topological polar surface area (TPSA) is 56.7 Å². The van der Waals surface area contributed by atoms with Gasteiger partial charge in [0.1, 0.15) is 6.54 Å². The molecule has 0 atom stereocenters. The number of hydrogen-bond acceptors (Lipinski definition) is 2. The highest BCUT2D eigenvalue weighted by Crippen LogP contribution is 2.17. The lowest BCUT2D eigenvalue weighted by Gasteiger charge is -2.25. The fourth-order valence-electron chi connectivity index (χ4n) is 2.60. The van der Waals surface area contributed by atoms with Crippen LogP contribution in [0, 0.1) is 5.92 Å². The molecule has 22 heavy (non-hydrogen) atoms. The molecule has 2 N–H and O–H groups in total. The molecular weight excluding hydrogens is 276 g/mol. The Bertz CT molecular complexity index is 347. The Kier molecular flexibility index (Phi) is 8.94. The van der Waals surface area contributed by atoms with Gasteiger partial charge in [0.05, 0.1) is 0 Å². The van der Waals surface area contributed by atoms with Crippen molar-refractivity contribution >= 4 is 11.9 Å². The maximum atomic E-state index is 11.7. The summed E-state index contributed by atoms with van der Waals surface area (Å²) in [6, 6.07) is 0.500. The van der Waals surface area contributed by atoms with Crippen molar-refractivity contribution in [2.75, 3.05) is 27.2 Å². The quantitative estimate of drug-likeness (QED) is 0.431. The molecule has 1 rings (SSSR count). The van der Waals surface area contributed by atoms with Crippen LogP contribution in [-0.2, 0) is 4.79 Å². The highest BCUT2D eigenvalue weighted by molar-refractivity contribution is 5.84. The van der Waals surface area contributed by atoms with Crippen molar-refractivity contribution in [1.29, 1.82) is 0 Å². The number of amides is 1. The van der Waals surface area contributed by atoms with Gasteiger partial charge in [-0.15, -0.1) is 0 Å². The SMILES string of the molecule is CC(C)CCCNC(=NCC(=O)N(C)C)NC1CCCCC1. The van der Waals surface area contributed by atoms with Crippen molar-refractivity contribution in [2.24, 2.45) is 10.9 Å². The summed E-state index contributed by atoms with van der Waals surface area (Å²) in [6.07, 6.45) is 8.66. The van der Waals surface area contributed by atoms with Crippen LogP contribution >= 0.6 is 0 Å². The van der Waals surface area contributed by atoms with Crippen molar-refractivity contribution in [3.05, 3.63) is 0 Å². The smallest absolute Gasteiger partial charge is 0.243 e. The van der Waals surface area contributed by atoms with E-state index in [1.165, 1.54) is 38.5 Å². The van der Waals surface area contributed by atoms with Gasteiger partial charge in [0.2, 0.25) is 5.91 Å². The van der Waals surface area contributed by atoms with Crippen molar-refractivity contribution in [3.8, 4) is 0 Å². The summed E-state index contributed by atoms with van der Waals surface area (Å²) in [7, 11) is 3.53. The lowest BCUT2D eigenvalue weighted by atomic mass is 9.96. The van der Waals surface area contributed by atoms with Gasteiger partial charge in [-0.25, -0.2) is 4.99 Å².